The molecule has 0 spiro atoms. The number of phenolic OH excluding ortho intramolecular Hbond substituents is 1. The number of hydrogen-bond acceptors (Lipinski definition) is 7. The molecule has 8 nitrogen and oxygen atoms in total. The molecule has 9 heteroatoms. The predicted molar refractivity (Wildman–Crippen MR) is 115 cm³/mol. The van der Waals surface area contributed by atoms with Crippen molar-refractivity contribution in [3.8, 4) is 28.4 Å². The fourth-order valence-electron chi connectivity index (χ4n) is 3.42. The lowest BCUT2D eigenvalue weighted by atomic mass is 10.1. The molecule has 3 heterocycles. The summed E-state index contributed by atoms with van der Waals surface area (Å²) < 4.78 is 20.6. The molecule has 3 aromatic heterocycles. The van der Waals surface area contributed by atoms with E-state index in [9.17, 15) is 14.6 Å². The molecule has 2 aromatic carbocycles. The summed E-state index contributed by atoms with van der Waals surface area (Å²) >= 11 is 0. The number of imidazole rings is 1. The van der Waals surface area contributed by atoms with E-state index < -0.39 is 6.10 Å². The summed E-state index contributed by atoms with van der Waals surface area (Å²) in [5, 5.41) is 22.8. The smallest absolute Gasteiger partial charge is 0.306 e. The maximum absolute atomic E-state index is 13.4. The molecular formula is C23H18FN5O3. The molecular weight excluding hydrogens is 413 g/mol. The van der Waals surface area contributed by atoms with Crippen molar-refractivity contribution >= 4 is 11.8 Å². The maximum atomic E-state index is 13.4. The Bertz CT molecular complexity index is 1360. The quantitative estimate of drug-likeness (QED) is 0.372. The van der Waals surface area contributed by atoms with Crippen molar-refractivity contribution in [2.45, 2.75) is 6.10 Å². The molecule has 1 atom stereocenters. The first-order valence-corrected chi connectivity index (χ1v) is 9.84. The van der Waals surface area contributed by atoms with E-state index in [4.69, 9.17) is 4.42 Å². The van der Waals surface area contributed by atoms with Crippen LogP contribution in [-0.4, -0.2) is 36.1 Å². The number of hydrogen-bond donors (Lipinski definition) is 3. The molecule has 1 unspecified atom stereocenters. The van der Waals surface area contributed by atoms with Crippen LogP contribution in [0.1, 0.15) is 11.7 Å². The van der Waals surface area contributed by atoms with Crippen LogP contribution in [0.15, 0.2) is 77.7 Å². The molecule has 0 aliphatic carbocycles. The second-order valence-electron chi connectivity index (χ2n) is 7.13. The van der Waals surface area contributed by atoms with Crippen LogP contribution in [0.3, 0.4) is 0 Å². The van der Waals surface area contributed by atoms with Crippen molar-refractivity contribution in [2.75, 3.05) is 11.9 Å². The van der Waals surface area contributed by atoms with Gasteiger partial charge >= 0.3 is 5.84 Å². The molecule has 0 aliphatic heterocycles. The Hall–Kier alpha value is -4.24. The lowest BCUT2D eigenvalue weighted by molar-refractivity contribution is 0.191. The summed E-state index contributed by atoms with van der Waals surface area (Å²) in [6.45, 7) is 0.173. The highest BCUT2D eigenvalue weighted by atomic mass is 19.1. The number of nitrogens with one attached hydrogen (secondary N) is 1. The number of halogens is 1. The van der Waals surface area contributed by atoms with Crippen molar-refractivity contribution in [2.24, 2.45) is 0 Å². The highest BCUT2D eigenvalue weighted by Gasteiger charge is 2.19. The van der Waals surface area contributed by atoms with Crippen LogP contribution in [0.25, 0.3) is 28.5 Å². The van der Waals surface area contributed by atoms with Gasteiger partial charge in [0.15, 0.2) is 0 Å². The number of aromatic nitrogens is 4. The molecule has 5 rings (SSSR count). The zero-order chi connectivity index (χ0) is 22.1. The molecule has 0 aliphatic rings. The Morgan fingerprint density at radius 2 is 1.81 bits per heavy atom. The van der Waals surface area contributed by atoms with Crippen molar-refractivity contribution in [1.82, 2.24) is 19.4 Å². The highest BCUT2D eigenvalue weighted by Crippen LogP contribution is 2.32. The van der Waals surface area contributed by atoms with Crippen LogP contribution in [0.2, 0.25) is 0 Å². The van der Waals surface area contributed by atoms with Crippen LogP contribution in [-0.2, 0) is 0 Å². The minimum absolute atomic E-state index is 0.133. The molecule has 0 saturated heterocycles. The molecule has 0 amide bonds. The minimum atomic E-state index is -0.812. The number of aromatic hydroxyl groups is 1. The predicted octanol–water partition coefficient (Wildman–Crippen LogP) is 4.04. The number of rotatable bonds is 6. The number of aliphatic hydroxyl groups is 1. The van der Waals surface area contributed by atoms with Gasteiger partial charge in [0.1, 0.15) is 29.2 Å². The van der Waals surface area contributed by atoms with Crippen molar-refractivity contribution in [3.63, 3.8) is 0 Å². The van der Waals surface area contributed by atoms with Gasteiger partial charge in [0, 0.05) is 24.5 Å². The van der Waals surface area contributed by atoms with Gasteiger partial charge in [-0.3, -0.25) is 4.40 Å². The van der Waals surface area contributed by atoms with E-state index in [0.717, 1.165) is 5.56 Å². The van der Waals surface area contributed by atoms with Gasteiger partial charge < -0.3 is 19.9 Å². The molecule has 0 radical (unpaired) electrons. The maximum Gasteiger partial charge on any atom is 0.306 e. The fraction of sp³-hybridized carbons (Fsp3) is 0.0870. The van der Waals surface area contributed by atoms with E-state index in [1.807, 2.05) is 0 Å². The lowest BCUT2D eigenvalue weighted by Crippen LogP contribution is -2.14. The average Bonchev–Trinajstić information content (AvgIpc) is 3.40. The molecule has 0 fully saturated rings. The SMILES string of the molecule is Oc1ccc(C(O)CNc2nccc(-c3c(-c4ccc(F)cc4)nc4occn34)n2)cc1. The number of aliphatic hydroxyl groups excluding tert-OH is 1. The summed E-state index contributed by atoms with van der Waals surface area (Å²) in [7, 11) is 0. The summed E-state index contributed by atoms with van der Waals surface area (Å²) in [5.74, 6) is 0.506. The van der Waals surface area contributed by atoms with Crippen LogP contribution in [0.5, 0.6) is 5.75 Å². The van der Waals surface area contributed by atoms with Crippen molar-refractivity contribution < 1.29 is 19.0 Å². The number of nitrogens with zero attached hydrogens (tertiary/aromatic N) is 4. The van der Waals surface area contributed by atoms with Crippen LogP contribution < -0.4 is 5.32 Å². The Labute approximate surface area is 181 Å². The van der Waals surface area contributed by atoms with E-state index in [0.29, 0.717) is 34.4 Å². The van der Waals surface area contributed by atoms with E-state index in [1.165, 1.54) is 30.5 Å². The van der Waals surface area contributed by atoms with Gasteiger partial charge in [-0.25, -0.2) is 14.4 Å². The standard InChI is InChI=1S/C23H18FN5O3/c24-16-5-1-15(2-6-16)20-21(29-11-12-32-23(29)28-20)18-9-10-25-22(27-18)26-13-19(31)14-3-7-17(30)8-4-14/h1-12,19,30-31H,13H2,(H,25,26,27). The van der Waals surface area contributed by atoms with Gasteiger partial charge in [-0.05, 0) is 48.0 Å². The second kappa shape index (κ2) is 8.12. The molecule has 160 valence electrons. The normalized spacial score (nSPS) is 12.2. The molecule has 32 heavy (non-hydrogen) atoms. The Morgan fingerprint density at radius 1 is 1.03 bits per heavy atom. The zero-order valence-electron chi connectivity index (χ0n) is 16.7. The number of phenols is 1. The van der Waals surface area contributed by atoms with Gasteiger partial charge in [-0.15, -0.1) is 0 Å². The third-order valence-corrected chi connectivity index (χ3v) is 5.01. The van der Waals surface area contributed by atoms with Gasteiger partial charge in [-0.2, -0.15) is 4.98 Å². The summed E-state index contributed by atoms with van der Waals surface area (Å²) in [4.78, 5) is 13.3. The number of fused-ring (bicyclic) bond motifs is 1. The third kappa shape index (κ3) is 3.77. The van der Waals surface area contributed by atoms with E-state index in [1.54, 1.807) is 47.1 Å². The first kappa shape index (κ1) is 19.7. The topological polar surface area (TPSA) is 109 Å². The van der Waals surface area contributed by atoms with Gasteiger partial charge in [0.25, 0.3) is 0 Å². The van der Waals surface area contributed by atoms with Crippen molar-refractivity contribution in [1.29, 1.82) is 0 Å². The Kier molecular flexibility index (Phi) is 5.00. The Morgan fingerprint density at radius 3 is 2.59 bits per heavy atom. The number of anilines is 1. The van der Waals surface area contributed by atoms with Gasteiger partial charge in [-0.1, -0.05) is 12.1 Å². The molecule has 3 N–H and O–H groups in total. The first-order chi connectivity index (χ1) is 15.6. The van der Waals surface area contributed by atoms with E-state index in [-0.39, 0.29) is 18.1 Å². The number of oxazole rings is 1. The van der Waals surface area contributed by atoms with E-state index in [2.05, 4.69) is 20.3 Å². The number of benzene rings is 2. The summed E-state index contributed by atoms with van der Waals surface area (Å²) in [5.41, 5.74) is 3.22. The van der Waals surface area contributed by atoms with Gasteiger partial charge in [0.05, 0.1) is 11.8 Å². The fourth-order valence-corrected chi connectivity index (χ4v) is 3.42. The largest absolute Gasteiger partial charge is 0.508 e. The lowest BCUT2D eigenvalue weighted by Gasteiger charge is -2.13. The second-order valence-corrected chi connectivity index (χ2v) is 7.13. The summed E-state index contributed by atoms with van der Waals surface area (Å²) in [6, 6.07) is 14.1. The highest BCUT2D eigenvalue weighted by molar-refractivity contribution is 5.79. The van der Waals surface area contributed by atoms with Crippen LogP contribution in [0, 0.1) is 5.82 Å². The van der Waals surface area contributed by atoms with Crippen LogP contribution in [0.4, 0.5) is 10.3 Å². The molecule has 0 saturated carbocycles. The molecule has 5 aromatic rings. The summed E-state index contributed by atoms with van der Waals surface area (Å²) in [6.07, 6.45) is 4.04. The first-order valence-electron chi connectivity index (χ1n) is 9.84. The van der Waals surface area contributed by atoms with Gasteiger partial charge in [0.2, 0.25) is 5.95 Å². The monoisotopic (exact) mass is 431 g/mol. The zero-order valence-corrected chi connectivity index (χ0v) is 16.7. The third-order valence-electron chi connectivity index (χ3n) is 5.01. The Balaban J connectivity index is 1.45. The minimum Gasteiger partial charge on any atom is -0.508 e. The van der Waals surface area contributed by atoms with Crippen molar-refractivity contribution in [3.05, 3.63) is 84.6 Å². The molecule has 0 bridgehead atoms. The van der Waals surface area contributed by atoms with E-state index >= 15 is 0 Å². The van der Waals surface area contributed by atoms with Crippen LogP contribution >= 0.6 is 0 Å². The average molecular weight is 431 g/mol.